The van der Waals surface area contributed by atoms with Gasteiger partial charge in [0.15, 0.2) is 5.83 Å². The van der Waals surface area contributed by atoms with Gasteiger partial charge < -0.3 is 0 Å². The third kappa shape index (κ3) is 6.73. The van der Waals surface area contributed by atoms with E-state index in [0.717, 1.165) is 36.0 Å². The molecule has 3 nitrogen and oxygen atoms in total. The summed E-state index contributed by atoms with van der Waals surface area (Å²) in [4.78, 5) is 11.8. The molecule has 1 atom stereocenters. The van der Waals surface area contributed by atoms with E-state index < -0.39 is 11.4 Å². The number of likely N-dealkylation sites (N-methyl/N-ethyl adjacent to an activating group) is 1. The van der Waals surface area contributed by atoms with Crippen LogP contribution in [0.2, 0.25) is 0 Å². The van der Waals surface area contributed by atoms with Gasteiger partial charge in [0.2, 0.25) is 6.41 Å². The van der Waals surface area contributed by atoms with E-state index in [4.69, 9.17) is 0 Å². The first-order valence-electron chi connectivity index (χ1n) is 9.55. The number of hydrogen-bond donors (Lipinski definition) is 0. The number of carbonyl (C=O) groups is 1. The smallest absolute Gasteiger partial charge is 0.224 e. The number of amides is 1. The van der Waals surface area contributed by atoms with Crippen molar-refractivity contribution in [2.45, 2.75) is 72.8 Å². The summed E-state index contributed by atoms with van der Waals surface area (Å²) >= 11 is 0. The minimum atomic E-state index is -0.939. The van der Waals surface area contributed by atoms with Gasteiger partial charge in [-0.15, -0.1) is 0 Å². The van der Waals surface area contributed by atoms with Gasteiger partial charge >= 0.3 is 0 Å². The van der Waals surface area contributed by atoms with E-state index in [1.165, 1.54) is 5.01 Å². The Morgan fingerprint density at radius 2 is 1.78 bits per heavy atom. The lowest BCUT2D eigenvalue weighted by Crippen LogP contribution is -2.54. The second kappa shape index (κ2) is 11.9. The van der Waals surface area contributed by atoms with Gasteiger partial charge in [0.1, 0.15) is 6.33 Å². The van der Waals surface area contributed by atoms with E-state index in [1.807, 2.05) is 39.8 Å². The van der Waals surface area contributed by atoms with Crippen molar-refractivity contribution in [2.24, 2.45) is 0 Å². The average molecular weight is 383 g/mol. The lowest BCUT2D eigenvalue weighted by Gasteiger charge is -2.45. The van der Waals surface area contributed by atoms with Crippen molar-refractivity contribution in [3.63, 3.8) is 0 Å². The minimum absolute atomic E-state index is 0.0229. The molecule has 0 aliphatic carbocycles. The molecule has 0 radical (unpaired) electrons. The Morgan fingerprint density at radius 3 is 2.19 bits per heavy atom. The second-order valence-electron chi connectivity index (χ2n) is 7.26. The van der Waals surface area contributed by atoms with Gasteiger partial charge in [-0.05, 0) is 51.7 Å². The Hall–Kier alpha value is -1.75. The fourth-order valence-electron chi connectivity index (χ4n) is 3.10. The maximum Gasteiger partial charge on any atom is 0.224 e. The summed E-state index contributed by atoms with van der Waals surface area (Å²) in [6, 6.07) is 0. The molecule has 0 aromatic carbocycles. The fourth-order valence-corrected chi connectivity index (χ4v) is 3.10. The van der Waals surface area contributed by atoms with Gasteiger partial charge in [-0.1, -0.05) is 44.9 Å². The summed E-state index contributed by atoms with van der Waals surface area (Å²) < 4.78 is 26.7. The number of hydrazine groups is 1. The molecule has 0 saturated carbocycles. The van der Waals surface area contributed by atoms with E-state index in [1.54, 1.807) is 6.08 Å². The van der Waals surface area contributed by atoms with Crippen molar-refractivity contribution in [1.82, 2.24) is 10.0 Å². The Labute approximate surface area is 164 Å². The maximum atomic E-state index is 14.0. The predicted molar refractivity (Wildman–Crippen MR) is 110 cm³/mol. The van der Waals surface area contributed by atoms with E-state index in [2.05, 4.69) is 20.4 Å². The molecule has 5 heteroatoms. The van der Waals surface area contributed by atoms with Crippen LogP contribution in [0.25, 0.3) is 0 Å². The van der Waals surface area contributed by atoms with Crippen LogP contribution in [0, 0.1) is 0 Å². The standard InChI is InChI=1S/C22H36F2N2O/c1-9-11-12-20(21(24)14-23)15-26(16-27)25(8)22(7,13-10-2)19(6)18(5)17(3)4/h12,14,16H,3,9-11,13,15H2,1-2,4-8H3/b19-18+,20-12-,21-14-. The molecule has 1 unspecified atom stereocenters. The lowest BCUT2D eigenvalue weighted by atomic mass is 9.83. The van der Waals surface area contributed by atoms with Crippen LogP contribution in [0.3, 0.4) is 0 Å². The average Bonchev–Trinajstić information content (AvgIpc) is 2.65. The van der Waals surface area contributed by atoms with E-state index in [0.29, 0.717) is 12.8 Å². The number of nitrogens with zero attached hydrogens (tertiary/aromatic N) is 2. The summed E-state index contributed by atoms with van der Waals surface area (Å²) in [6.07, 6.45) is 5.41. The van der Waals surface area contributed by atoms with Crippen LogP contribution in [-0.4, -0.2) is 35.6 Å². The Morgan fingerprint density at radius 1 is 1.19 bits per heavy atom. The minimum Gasteiger partial charge on any atom is -0.277 e. The molecule has 0 aliphatic heterocycles. The summed E-state index contributed by atoms with van der Waals surface area (Å²) in [5.74, 6) is -0.939. The highest BCUT2D eigenvalue weighted by Crippen LogP contribution is 2.33. The van der Waals surface area contributed by atoms with Gasteiger partial charge in [0, 0.05) is 12.6 Å². The van der Waals surface area contributed by atoms with E-state index in [9.17, 15) is 13.6 Å². The van der Waals surface area contributed by atoms with Crippen LogP contribution in [-0.2, 0) is 4.79 Å². The van der Waals surface area contributed by atoms with Crippen molar-refractivity contribution < 1.29 is 13.6 Å². The number of allylic oxidation sites excluding steroid dienone is 3. The molecule has 0 bridgehead atoms. The first-order valence-corrected chi connectivity index (χ1v) is 9.55. The summed E-state index contributed by atoms with van der Waals surface area (Å²) in [5, 5.41) is 3.24. The molecule has 0 heterocycles. The maximum absolute atomic E-state index is 14.0. The lowest BCUT2D eigenvalue weighted by molar-refractivity contribution is -0.139. The van der Waals surface area contributed by atoms with Crippen molar-refractivity contribution >= 4 is 6.41 Å². The Kier molecular flexibility index (Phi) is 11.1. The van der Waals surface area contributed by atoms with Crippen LogP contribution < -0.4 is 0 Å². The predicted octanol–water partition coefficient (Wildman–Crippen LogP) is 6.27. The van der Waals surface area contributed by atoms with Gasteiger partial charge in [-0.2, -0.15) is 0 Å². The second-order valence-corrected chi connectivity index (χ2v) is 7.26. The number of unbranched alkanes of at least 4 members (excludes halogenated alkanes) is 1. The molecular formula is C22H36F2N2O. The molecule has 0 N–H and O–H groups in total. The number of carbonyl (C=O) groups excluding carboxylic acids is 1. The zero-order valence-electron chi connectivity index (χ0n) is 18.0. The molecular weight excluding hydrogens is 346 g/mol. The number of rotatable bonds is 12. The molecule has 0 rings (SSSR count). The van der Waals surface area contributed by atoms with Crippen LogP contribution in [0.4, 0.5) is 8.78 Å². The third-order valence-electron chi connectivity index (χ3n) is 5.38. The van der Waals surface area contributed by atoms with E-state index >= 15 is 0 Å². The normalized spacial score (nSPS) is 16.1. The highest BCUT2D eigenvalue weighted by Gasteiger charge is 2.35. The molecule has 27 heavy (non-hydrogen) atoms. The molecule has 0 fully saturated rings. The summed E-state index contributed by atoms with van der Waals surface area (Å²) in [6.45, 7) is 16.1. The van der Waals surface area contributed by atoms with Crippen LogP contribution >= 0.6 is 0 Å². The molecule has 1 amide bonds. The van der Waals surface area contributed by atoms with Crippen molar-refractivity contribution in [3.05, 3.63) is 47.1 Å². The molecule has 0 aliphatic rings. The highest BCUT2D eigenvalue weighted by atomic mass is 19.2. The Bertz CT molecular complexity index is 607. The monoisotopic (exact) mass is 382 g/mol. The first-order chi connectivity index (χ1) is 12.6. The zero-order valence-corrected chi connectivity index (χ0v) is 18.0. The quantitative estimate of drug-likeness (QED) is 0.226. The number of hydrogen-bond acceptors (Lipinski definition) is 2. The largest absolute Gasteiger partial charge is 0.277 e. The SMILES string of the molecule is C=C(C)/C(C)=C(\C)C(C)(CCC)N(C)N(C=O)CC(=C/CCC)/C(F)=C/F. The van der Waals surface area contributed by atoms with Crippen LogP contribution in [0.1, 0.15) is 67.2 Å². The van der Waals surface area contributed by atoms with Crippen molar-refractivity contribution in [3.8, 4) is 0 Å². The summed E-state index contributed by atoms with van der Waals surface area (Å²) in [5.41, 5.74) is 2.88. The van der Waals surface area contributed by atoms with E-state index in [-0.39, 0.29) is 18.4 Å². The molecule has 0 aromatic rings. The molecule has 154 valence electrons. The molecule has 0 saturated heterocycles. The topological polar surface area (TPSA) is 23.6 Å². The zero-order chi connectivity index (χ0) is 21.2. The van der Waals surface area contributed by atoms with Crippen molar-refractivity contribution in [1.29, 1.82) is 0 Å². The van der Waals surface area contributed by atoms with Gasteiger partial charge in [-0.3, -0.25) is 9.80 Å². The van der Waals surface area contributed by atoms with Gasteiger partial charge in [0.05, 0.1) is 12.1 Å². The highest BCUT2D eigenvalue weighted by molar-refractivity contribution is 5.49. The van der Waals surface area contributed by atoms with Crippen LogP contribution in [0.15, 0.2) is 47.1 Å². The Balaban J connectivity index is 5.99. The first kappa shape index (κ1) is 25.2. The van der Waals surface area contributed by atoms with Gasteiger partial charge in [-0.25, -0.2) is 13.8 Å². The molecule has 0 aromatic heterocycles. The van der Waals surface area contributed by atoms with Crippen LogP contribution in [0.5, 0.6) is 0 Å². The van der Waals surface area contributed by atoms with Gasteiger partial charge in [0.25, 0.3) is 0 Å². The summed E-state index contributed by atoms with van der Waals surface area (Å²) in [7, 11) is 1.81. The number of halogens is 2. The fraction of sp³-hybridized carbons (Fsp3) is 0.591. The van der Waals surface area contributed by atoms with Crippen molar-refractivity contribution in [2.75, 3.05) is 13.6 Å². The molecule has 0 spiro atoms. The third-order valence-corrected chi connectivity index (χ3v) is 5.38.